The number of rotatable bonds is 12. The Balaban J connectivity index is 1.81. The van der Waals surface area contributed by atoms with E-state index in [-0.39, 0.29) is 27.9 Å². The molecule has 2 aromatic carbocycles. The molecule has 1 aromatic heterocycles. The van der Waals surface area contributed by atoms with E-state index < -0.39 is 23.7 Å². The Morgan fingerprint density at radius 2 is 1.76 bits per heavy atom. The molecule has 0 bridgehead atoms. The van der Waals surface area contributed by atoms with Crippen LogP contribution in [0.25, 0.3) is 5.76 Å². The second kappa shape index (κ2) is 13.5. The summed E-state index contributed by atoms with van der Waals surface area (Å²) >= 11 is 0.965. The minimum Gasteiger partial charge on any atom is -0.507 e. The molecule has 1 fully saturated rings. The summed E-state index contributed by atoms with van der Waals surface area (Å²) in [6.45, 7) is 8.50. The van der Waals surface area contributed by atoms with Gasteiger partial charge in [-0.2, -0.15) is 0 Å². The number of hydrogen-bond donors (Lipinski definition) is 1. The molecule has 3 aromatic rings. The number of carbonyl (C=O) groups excluding carboxylic acids is 3. The van der Waals surface area contributed by atoms with Crippen molar-refractivity contribution < 1.29 is 33.7 Å². The predicted octanol–water partition coefficient (Wildman–Crippen LogP) is 6.22. The molecular formula is C31H34N2O7S. The van der Waals surface area contributed by atoms with E-state index >= 15 is 0 Å². The smallest absolute Gasteiger partial charge is 0.350 e. The molecule has 0 saturated carbocycles. The van der Waals surface area contributed by atoms with Gasteiger partial charge in [0.2, 0.25) is 0 Å². The lowest BCUT2D eigenvalue weighted by atomic mass is 9.95. The second-order valence-electron chi connectivity index (χ2n) is 9.39. The molecule has 1 saturated heterocycles. The highest BCUT2D eigenvalue weighted by Gasteiger charge is 2.48. The fraction of sp³-hybridized carbons (Fsp3) is 0.355. The van der Waals surface area contributed by atoms with Gasteiger partial charge in [0.1, 0.15) is 22.1 Å². The van der Waals surface area contributed by atoms with Crippen molar-refractivity contribution in [3.63, 3.8) is 0 Å². The first-order chi connectivity index (χ1) is 19.8. The van der Waals surface area contributed by atoms with Gasteiger partial charge in [0, 0.05) is 5.56 Å². The van der Waals surface area contributed by atoms with E-state index in [2.05, 4.69) is 11.9 Å². The van der Waals surface area contributed by atoms with Crippen LogP contribution in [0, 0.1) is 6.92 Å². The second-order valence-corrected chi connectivity index (χ2v) is 10.4. The van der Waals surface area contributed by atoms with Gasteiger partial charge < -0.3 is 19.3 Å². The summed E-state index contributed by atoms with van der Waals surface area (Å²) in [5.74, 6) is -1.45. The topological polar surface area (TPSA) is 115 Å². The SMILES string of the molecule is CCCCCOc1ccc(C2/C(=C(\O)c3cccc(OCC)c3)C(=O)C(=O)N2c2nc(C)c(C(=O)OCC)s2)cc1. The zero-order valence-electron chi connectivity index (χ0n) is 23.6. The Kier molecular flexibility index (Phi) is 9.78. The largest absolute Gasteiger partial charge is 0.507 e. The molecule has 4 rings (SSSR count). The van der Waals surface area contributed by atoms with Crippen LogP contribution in [0.4, 0.5) is 5.13 Å². The number of benzene rings is 2. The highest BCUT2D eigenvalue weighted by molar-refractivity contribution is 7.17. The van der Waals surface area contributed by atoms with E-state index in [1.165, 1.54) is 4.90 Å². The number of esters is 1. The zero-order valence-corrected chi connectivity index (χ0v) is 24.5. The van der Waals surface area contributed by atoms with Crippen molar-refractivity contribution in [3.05, 3.63) is 75.8 Å². The quantitative estimate of drug-likeness (QED) is 0.0885. The monoisotopic (exact) mass is 578 g/mol. The molecule has 10 heteroatoms. The average Bonchev–Trinajstić information content (AvgIpc) is 3.48. The Morgan fingerprint density at radius 1 is 1.00 bits per heavy atom. The number of amides is 1. The van der Waals surface area contributed by atoms with Crippen LogP contribution in [-0.2, 0) is 14.3 Å². The van der Waals surface area contributed by atoms with E-state index in [1.54, 1.807) is 62.4 Å². The standard InChI is InChI=1S/C31H34N2O7S/c1-5-8-9-17-40-22-15-13-20(14-16-22)25-24(26(34)21-11-10-12-23(18-21)38-6-2)27(35)29(36)33(25)31-32-19(4)28(41-31)30(37)39-7-3/h10-16,18,25,34H,5-9,17H2,1-4H3/b26-24+. The van der Waals surface area contributed by atoms with Crippen LogP contribution >= 0.6 is 11.3 Å². The molecule has 216 valence electrons. The number of carbonyl (C=O) groups is 3. The molecule has 0 radical (unpaired) electrons. The lowest BCUT2D eigenvalue weighted by molar-refractivity contribution is -0.132. The van der Waals surface area contributed by atoms with E-state index in [9.17, 15) is 19.5 Å². The molecule has 1 aliphatic heterocycles. The molecule has 1 N–H and O–H groups in total. The zero-order chi connectivity index (χ0) is 29.5. The van der Waals surface area contributed by atoms with Crippen molar-refractivity contribution in [1.29, 1.82) is 0 Å². The number of aliphatic hydroxyl groups excluding tert-OH is 1. The normalized spacial score (nSPS) is 16.2. The van der Waals surface area contributed by atoms with Gasteiger partial charge in [0.15, 0.2) is 5.13 Å². The summed E-state index contributed by atoms with van der Waals surface area (Å²) in [6, 6.07) is 12.8. The van der Waals surface area contributed by atoms with Crippen LogP contribution < -0.4 is 14.4 Å². The molecule has 1 aliphatic rings. The maximum Gasteiger partial charge on any atom is 0.350 e. The van der Waals surface area contributed by atoms with Crippen molar-refractivity contribution in [3.8, 4) is 11.5 Å². The Hall–Kier alpha value is -4.18. The fourth-order valence-electron chi connectivity index (χ4n) is 4.56. The first-order valence-corrected chi connectivity index (χ1v) is 14.5. The van der Waals surface area contributed by atoms with Crippen molar-refractivity contribution in [2.24, 2.45) is 0 Å². The number of nitrogens with zero attached hydrogens (tertiary/aromatic N) is 2. The number of aromatic nitrogens is 1. The number of unbranched alkanes of at least 4 members (excludes halogenated alkanes) is 2. The van der Waals surface area contributed by atoms with Crippen LogP contribution in [0.1, 0.15) is 72.6 Å². The Morgan fingerprint density at radius 3 is 2.44 bits per heavy atom. The summed E-state index contributed by atoms with van der Waals surface area (Å²) in [4.78, 5) is 45.5. The summed E-state index contributed by atoms with van der Waals surface area (Å²) in [6.07, 6.45) is 3.09. The van der Waals surface area contributed by atoms with Crippen LogP contribution in [0.2, 0.25) is 0 Å². The maximum atomic E-state index is 13.5. The summed E-state index contributed by atoms with van der Waals surface area (Å²) in [5.41, 5.74) is 1.19. The van der Waals surface area contributed by atoms with Gasteiger partial charge in [-0.05, 0) is 57.0 Å². The van der Waals surface area contributed by atoms with Crippen molar-refractivity contribution >= 4 is 39.9 Å². The van der Waals surface area contributed by atoms with Crippen LogP contribution in [0.15, 0.2) is 54.1 Å². The molecule has 1 atom stereocenters. The van der Waals surface area contributed by atoms with Crippen molar-refractivity contribution in [1.82, 2.24) is 4.98 Å². The van der Waals surface area contributed by atoms with Crippen LogP contribution in [0.5, 0.6) is 11.5 Å². The molecule has 2 heterocycles. The average molecular weight is 579 g/mol. The number of ether oxygens (including phenoxy) is 3. The van der Waals surface area contributed by atoms with Gasteiger partial charge in [-0.3, -0.25) is 14.5 Å². The number of aryl methyl sites for hydroxylation is 1. The molecule has 9 nitrogen and oxygen atoms in total. The summed E-state index contributed by atoms with van der Waals surface area (Å²) in [5, 5.41) is 11.6. The van der Waals surface area contributed by atoms with Crippen LogP contribution in [-0.4, -0.2) is 47.6 Å². The highest BCUT2D eigenvalue weighted by atomic mass is 32.1. The number of ketones is 1. The highest BCUT2D eigenvalue weighted by Crippen LogP contribution is 2.44. The van der Waals surface area contributed by atoms with E-state index in [0.717, 1.165) is 30.6 Å². The summed E-state index contributed by atoms with van der Waals surface area (Å²) in [7, 11) is 0. The number of aliphatic hydroxyl groups is 1. The van der Waals surface area contributed by atoms with Crippen molar-refractivity contribution in [2.75, 3.05) is 24.7 Å². The first-order valence-electron chi connectivity index (χ1n) is 13.7. The molecule has 0 aliphatic carbocycles. The number of hydrogen-bond acceptors (Lipinski definition) is 9. The lowest BCUT2D eigenvalue weighted by Gasteiger charge is -2.23. The predicted molar refractivity (Wildman–Crippen MR) is 157 cm³/mol. The molecular weight excluding hydrogens is 544 g/mol. The third kappa shape index (κ3) is 6.43. The Bertz CT molecular complexity index is 1440. The van der Waals surface area contributed by atoms with Crippen LogP contribution in [0.3, 0.4) is 0 Å². The van der Waals surface area contributed by atoms with Crippen molar-refractivity contribution in [2.45, 2.75) is 53.0 Å². The Labute approximate surface area is 243 Å². The fourth-order valence-corrected chi connectivity index (χ4v) is 5.55. The van der Waals surface area contributed by atoms with Gasteiger partial charge in [0.25, 0.3) is 5.78 Å². The van der Waals surface area contributed by atoms with Gasteiger partial charge in [-0.25, -0.2) is 9.78 Å². The van der Waals surface area contributed by atoms with E-state index in [0.29, 0.717) is 41.5 Å². The number of Topliss-reactive ketones (excluding diaryl/α,β-unsaturated/α-hetero) is 1. The van der Waals surface area contributed by atoms with E-state index in [4.69, 9.17) is 14.2 Å². The minimum atomic E-state index is -1.000. The number of anilines is 1. The minimum absolute atomic E-state index is 0.0919. The molecule has 1 unspecified atom stereocenters. The first kappa shape index (κ1) is 29.8. The number of thiazole rings is 1. The van der Waals surface area contributed by atoms with Gasteiger partial charge in [-0.1, -0.05) is 55.4 Å². The van der Waals surface area contributed by atoms with E-state index in [1.807, 2.05) is 6.92 Å². The third-order valence-electron chi connectivity index (χ3n) is 6.53. The summed E-state index contributed by atoms with van der Waals surface area (Å²) < 4.78 is 16.5. The molecule has 1 amide bonds. The third-order valence-corrected chi connectivity index (χ3v) is 7.66. The van der Waals surface area contributed by atoms with Gasteiger partial charge in [0.05, 0.1) is 37.1 Å². The van der Waals surface area contributed by atoms with Gasteiger partial charge in [-0.15, -0.1) is 0 Å². The van der Waals surface area contributed by atoms with Gasteiger partial charge >= 0.3 is 11.9 Å². The molecule has 41 heavy (non-hydrogen) atoms. The lowest BCUT2D eigenvalue weighted by Crippen LogP contribution is -2.29. The molecule has 0 spiro atoms. The maximum absolute atomic E-state index is 13.5.